The zero-order valence-electron chi connectivity index (χ0n) is 26.6. The molecule has 6 N–H and O–H groups in total. The fourth-order valence-electron chi connectivity index (χ4n) is 5.14. The van der Waals surface area contributed by atoms with Gasteiger partial charge < -0.3 is 21.7 Å². The van der Waals surface area contributed by atoms with E-state index in [1.165, 1.54) is 122 Å². The average molecular weight is 566 g/mol. The van der Waals surface area contributed by atoms with Crippen LogP contribution in [-0.2, 0) is 9.59 Å². The van der Waals surface area contributed by atoms with Gasteiger partial charge in [0, 0.05) is 19.5 Å². The molecule has 1 atom stereocenters. The van der Waals surface area contributed by atoms with E-state index in [1.807, 2.05) is 0 Å². The van der Waals surface area contributed by atoms with E-state index in [4.69, 9.17) is 11.1 Å². The molecule has 7 nitrogen and oxygen atoms in total. The second kappa shape index (κ2) is 30.2. The third-order valence-electron chi connectivity index (χ3n) is 7.74. The van der Waals surface area contributed by atoms with Gasteiger partial charge in [0.05, 0.1) is 0 Å². The van der Waals surface area contributed by atoms with Crippen LogP contribution >= 0.6 is 0 Å². The summed E-state index contributed by atoms with van der Waals surface area (Å²) in [5, 5.41) is 16.0. The molecule has 0 aromatic carbocycles. The van der Waals surface area contributed by atoms with Crippen LogP contribution in [0.3, 0.4) is 0 Å². The normalized spacial score (nSPS) is 11.8. The average Bonchev–Trinajstić information content (AvgIpc) is 2.93. The number of carbonyl (C=O) groups excluding carboxylic acids is 2. The smallest absolute Gasteiger partial charge is 0.242 e. The van der Waals surface area contributed by atoms with Crippen LogP contribution < -0.4 is 21.7 Å². The molecule has 2 amide bonds. The van der Waals surface area contributed by atoms with Crippen LogP contribution in [0.2, 0.25) is 0 Å². The molecule has 0 aliphatic carbocycles. The fourth-order valence-corrected chi connectivity index (χ4v) is 5.14. The maximum atomic E-state index is 12.8. The largest absolute Gasteiger partial charge is 0.370 e. The summed E-state index contributed by atoms with van der Waals surface area (Å²) in [5.41, 5.74) is 5.38. The Morgan fingerprint density at radius 1 is 0.575 bits per heavy atom. The monoisotopic (exact) mass is 566 g/mol. The first-order valence-electron chi connectivity index (χ1n) is 17.2. The van der Waals surface area contributed by atoms with Crippen molar-refractivity contribution in [3.05, 3.63) is 0 Å². The molecule has 0 aromatic heterocycles. The standard InChI is InChI=1S/C33H67N5O2/c1-3-5-7-9-11-13-15-17-19-21-23-25-28-36-32(40)30(27-29-37-33(34)35)38-31(39)26-24-22-20-18-16-14-12-10-8-6-4-2/h30H,3-29H2,1-2H3,(H,36,40)(H,38,39)(H4,34,35,37). The van der Waals surface area contributed by atoms with E-state index < -0.39 is 6.04 Å². The van der Waals surface area contributed by atoms with E-state index in [2.05, 4.69) is 29.8 Å². The number of guanidine groups is 1. The Balaban J connectivity index is 3.99. The van der Waals surface area contributed by atoms with Crippen molar-refractivity contribution in [1.29, 1.82) is 5.41 Å². The van der Waals surface area contributed by atoms with Crippen molar-refractivity contribution in [3.63, 3.8) is 0 Å². The van der Waals surface area contributed by atoms with Gasteiger partial charge in [0.15, 0.2) is 5.96 Å². The van der Waals surface area contributed by atoms with E-state index >= 15 is 0 Å². The first-order valence-corrected chi connectivity index (χ1v) is 17.2. The molecule has 7 heteroatoms. The molecule has 1 unspecified atom stereocenters. The van der Waals surface area contributed by atoms with Gasteiger partial charge in [-0.2, -0.15) is 0 Å². The van der Waals surface area contributed by atoms with Crippen molar-refractivity contribution in [2.75, 3.05) is 13.1 Å². The molecule has 0 aromatic rings. The Bertz CT molecular complexity index is 599. The minimum atomic E-state index is -0.593. The lowest BCUT2D eigenvalue weighted by atomic mass is 10.0. The van der Waals surface area contributed by atoms with E-state index in [1.54, 1.807) is 0 Å². The molecule has 0 rings (SSSR count). The maximum absolute atomic E-state index is 12.8. The van der Waals surface area contributed by atoms with Gasteiger partial charge in [-0.1, -0.05) is 149 Å². The van der Waals surface area contributed by atoms with Gasteiger partial charge in [0.1, 0.15) is 6.04 Å². The van der Waals surface area contributed by atoms with Gasteiger partial charge in [-0.3, -0.25) is 15.0 Å². The first kappa shape index (κ1) is 38.2. The van der Waals surface area contributed by atoms with Crippen LogP contribution in [0.5, 0.6) is 0 Å². The molecular formula is C33H67N5O2. The predicted octanol–water partition coefficient (Wildman–Crippen LogP) is 7.86. The lowest BCUT2D eigenvalue weighted by Gasteiger charge is -2.19. The molecule has 0 aliphatic heterocycles. The molecule has 0 saturated carbocycles. The Morgan fingerprint density at radius 2 is 0.975 bits per heavy atom. The van der Waals surface area contributed by atoms with Crippen molar-refractivity contribution in [3.8, 4) is 0 Å². The van der Waals surface area contributed by atoms with Crippen molar-refractivity contribution in [2.24, 2.45) is 5.73 Å². The summed E-state index contributed by atoms with van der Waals surface area (Å²) in [6.07, 6.45) is 30.0. The van der Waals surface area contributed by atoms with Gasteiger partial charge in [-0.05, 0) is 19.3 Å². The van der Waals surface area contributed by atoms with Crippen LogP contribution in [0.25, 0.3) is 0 Å². The van der Waals surface area contributed by atoms with Crippen LogP contribution in [0, 0.1) is 5.41 Å². The number of hydrogen-bond donors (Lipinski definition) is 5. The highest BCUT2D eigenvalue weighted by Gasteiger charge is 2.20. The molecule has 0 aliphatic rings. The highest BCUT2D eigenvalue weighted by molar-refractivity contribution is 5.87. The molecule has 0 heterocycles. The summed E-state index contributed by atoms with van der Waals surface area (Å²) in [7, 11) is 0. The Kier molecular flexibility index (Phi) is 28.8. The van der Waals surface area contributed by atoms with Gasteiger partial charge in [0.2, 0.25) is 11.8 Å². The van der Waals surface area contributed by atoms with Crippen molar-refractivity contribution < 1.29 is 9.59 Å². The van der Waals surface area contributed by atoms with Crippen LogP contribution in [0.15, 0.2) is 0 Å². The SMILES string of the molecule is CCCCCCCCCCCCCCNC(=O)C(CCNC(=N)N)NC(=O)CCCCCCCCCCCCC. The minimum Gasteiger partial charge on any atom is -0.370 e. The van der Waals surface area contributed by atoms with Crippen LogP contribution in [0.4, 0.5) is 0 Å². The van der Waals surface area contributed by atoms with Crippen molar-refractivity contribution in [1.82, 2.24) is 16.0 Å². The van der Waals surface area contributed by atoms with E-state index in [0.717, 1.165) is 25.7 Å². The predicted molar refractivity (Wildman–Crippen MR) is 172 cm³/mol. The van der Waals surface area contributed by atoms with Gasteiger partial charge >= 0.3 is 0 Å². The summed E-state index contributed by atoms with van der Waals surface area (Å²) in [5.74, 6) is -0.326. The topological polar surface area (TPSA) is 120 Å². The summed E-state index contributed by atoms with van der Waals surface area (Å²) >= 11 is 0. The maximum Gasteiger partial charge on any atom is 0.242 e. The van der Waals surface area contributed by atoms with Crippen molar-refractivity contribution >= 4 is 17.8 Å². The lowest BCUT2D eigenvalue weighted by molar-refractivity contribution is -0.129. The van der Waals surface area contributed by atoms with E-state index in [9.17, 15) is 9.59 Å². The first-order chi connectivity index (χ1) is 19.5. The van der Waals surface area contributed by atoms with E-state index in [0.29, 0.717) is 25.9 Å². The van der Waals surface area contributed by atoms with Gasteiger partial charge in [0.25, 0.3) is 0 Å². The number of hydrogen-bond acceptors (Lipinski definition) is 3. The highest BCUT2D eigenvalue weighted by Crippen LogP contribution is 2.13. The fraction of sp³-hybridized carbons (Fsp3) is 0.909. The quantitative estimate of drug-likeness (QED) is 0.0346. The van der Waals surface area contributed by atoms with E-state index in [-0.39, 0.29) is 17.8 Å². The number of nitrogens with two attached hydrogens (primary N) is 1. The second-order valence-corrected chi connectivity index (χ2v) is 11.7. The summed E-state index contributed by atoms with van der Waals surface area (Å²) in [6, 6.07) is -0.593. The number of unbranched alkanes of at least 4 members (excludes halogenated alkanes) is 21. The van der Waals surface area contributed by atoms with Crippen LogP contribution in [0.1, 0.15) is 174 Å². The molecule has 0 fully saturated rings. The summed E-state index contributed by atoms with van der Waals surface area (Å²) < 4.78 is 0. The number of nitrogens with one attached hydrogen (secondary N) is 4. The molecule has 0 bridgehead atoms. The number of amides is 2. The zero-order valence-corrected chi connectivity index (χ0v) is 26.6. The van der Waals surface area contributed by atoms with Gasteiger partial charge in [-0.15, -0.1) is 0 Å². The number of carbonyl (C=O) groups is 2. The third kappa shape index (κ3) is 27.8. The zero-order chi connectivity index (χ0) is 29.5. The Labute approximate surface area is 247 Å². The lowest BCUT2D eigenvalue weighted by Crippen LogP contribution is -2.48. The molecule has 236 valence electrons. The highest BCUT2D eigenvalue weighted by atomic mass is 16.2. The molecule has 0 spiro atoms. The molecule has 0 saturated heterocycles. The molecule has 0 radical (unpaired) electrons. The summed E-state index contributed by atoms with van der Waals surface area (Å²) in [6.45, 7) is 5.53. The third-order valence-corrected chi connectivity index (χ3v) is 7.74. The van der Waals surface area contributed by atoms with Gasteiger partial charge in [-0.25, -0.2) is 0 Å². The summed E-state index contributed by atoms with van der Waals surface area (Å²) in [4.78, 5) is 25.3. The van der Waals surface area contributed by atoms with Crippen LogP contribution in [-0.4, -0.2) is 36.9 Å². The molecular weight excluding hydrogens is 498 g/mol. The molecule has 40 heavy (non-hydrogen) atoms. The van der Waals surface area contributed by atoms with Crippen molar-refractivity contribution in [2.45, 2.75) is 180 Å². The number of rotatable bonds is 30. The Morgan fingerprint density at radius 3 is 1.40 bits per heavy atom. The second-order valence-electron chi connectivity index (χ2n) is 11.7. The minimum absolute atomic E-state index is 0.0655. The Hall–Kier alpha value is -1.79.